The molecule has 0 aliphatic heterocycles. The third kappa shape index (κ3) is 4.14. The van der Waals surface area contributed by atoms with Gasteiger partial charge in [-0.1, -0.05) is 29.4 Å². The maximum absolute atomic E-state index is 12.3. The van der Waals surface area contributed by atoms with Crippen molar-refractivity contribution in [3.05, 3.63) is 64.6 Å². The van der Waals surface area contributed by atoms with Gasteiger partial charge in [0.05, 0.1) is 4.90 Å². The van der Waals surface area contributed by atoms with Crippen molar-refractivity contribution in [2.75, 3.05) is 11.6 Å². The number of nitrogens with zero attached hydrogens (tertiary/aromatic N) is 2. The van der Waals surface area contributed by atoms with Crippen LogP contribution in [0.5, 0.6) is 0 Å². The summed E-state index contributed by atoms with van der Waals surface area (Å²) in [5.74, 6) is -0.946. The van der Waals surface area contributed by atoms with Crippen molar-refractivity contribution < 1.29 is 17.7 Å². The number of nitrogens with one attached hydrogen (secondary N) is 1. The maximum atomic E-state index is 12.3. The van der Waals surface area contributed by atoms with Gasteiger partial charge in [-0.2, -0.15) is 0 Å². The minimum Gasteiger partial charge on any atom is -0.325 e. The second kappa shape index (κ2) is 7.20. The molecule has 0 aliphatic rings. The lowest BCUT2D eigenvalue weighted by Crippen LogP contribution is -2.25. The Balaban J connectivity index is 1.80. The van der Waals surface area contributed by atoms with Crippen molar-refractivity contribution in [2.24, 2.45) is 0 Å². The zero-order chi connectivity index (χ0) is 19.6. The zero-order valence-electron chi connectivity index (χ0n) is 14.7. The summed E-state index contributed by atoms with van der Waals surface area (Å²) in [6.45, 7) is 1.57. The van der Waals surface area contributed by atoms with Crippen LogP contribution in [-0.4, -0.2) is 30.3 Å². The third-order valence-corrected chi connectivity index (χ3v) is 5.07. The molecule has 0 saturated heterocycles. The van der Waals surface area contributed by atoms with Crippen LogP contribution in [0.25, 0.3) is 11.4 Å². The lowest BCUT2D eigenvalue weighted by Gasteiger charge is -2.08. The second-order valence-electron chi connectivity index (χ2n) is 6.02. The van der Waals surface area contributed by atoms with Crippen molar-refractivity contribution in [2.45, 2.75) is 18.4 Å². The first-order valence-corrected chi connectivity index (χ1v) is 9.87. The lowest BCUT2D eigenvalue weighted by molar-refractivity contribution is -0.116. The Kier molecular flexibility index (Phi) is 4.95. The summed E-state index contributed by atoms with van der Waals surface area (Å²) in [7, 11) is -3.31. The van der Waals surface area contributed by atoms with Crippen LogP contribution in [-0.2, 0) is 21.2 Å². The first kappa shape index (κ1) is 18.6. The van der Waals surface area contributed by atoms with Gasteiger partial charge in [0.2, 0.25) is 5.91 Å². The second-order valence-corrected chi connectivity index (χ2v) is 8.03. The number of sulfone groups is 1. The average Bonchev–Trinajstić information content (AvgIpc) is 2.95. The Labute approximate surface area is 155 Å². The molecule has 0 atom stereocenters. The third-order valence-electron chi connectivity index (χ3n) is 3.94. The molecule has 0 radical (unpaired) electrons. The van der Waals surface area contributed by atoms with Crippen molar-refractivity contribution in [3.8, 4) is 11.4 Å². The molecule has 140 valence electrons. The molecule has 1 heterocycles. The maximum Gasteiger partial charge on any atom is 0.442 e. The highest BCUT2D eigenvalue weighted by Gasteiger charge is 2.17. The van der Waals surface area contributed by atoms with Gasteiger partial charge in [-0.05, 0) is 36.8 Å². The minimum absolute atomic E-state index is 0.151. The summed E-state index contributed by atoms with van der Waals surface area (Å²) in [4.78, 5) is 24.4. The van der Waals surface area contributed by atoms with E-state index in [-0.39, 0.29) is 17.3 Å². The van der Waals surface area contributed by atoms with E-state index in [0.717, 1.165) is 16.4 Å². The molecular formula is C18H17N3O5S. The fraction of sp³-hybridized carbons (Fsp3) is 0.167. The van der Waals surface area contributed by atoms with Gasteiger partial charge in [0.15, 0.2) is 15.7 Å². The Morgan fingerprint density at radius 1 is 1.15 bits per heavy atom. The van der Waals surface area contributed by atoms with Crippen molar-refractivity contribution in [1.29, 1.82) is 0 Å². The molecule has 0 bridgehead atoms. The van der Waals surface area contributed by atoms with Crippen LogP contribution in [0.4, 0.5) is 5.69 Å². The summed E-state index contributed by atoms with van der Waals surface area (Å²) in [5, 5.41) is 6.39. The van der Waals surface area contributed by atoms with E-state index in [1.165, 1.54) is 24.3 Å². The number of hydrogen-bond acceptors (Lipinski definition) is 6. The molecule has 8 nitrogen and oxygen atoms in total. The van der Waals surface area contributed by atoms with E-state index < -0.39 is 21.5 Å². The Morgan fingerprint density at radius 2 is 1.81 bits per heavy atom. The molecule has 3 aromatic rings. The van der Waals surface area contributed by atoms with Crippen LogP contribution < -0.4 is 11.1 Å². The summed E-state index contributed by atoms with van der Waals surface area (Å²) in [5.41, 5.74) is 1.99. The van der Waals surface area contributed by atoms with Crippen molar-refractivity contribution in [3.63, 3.8) is 0 Å². The fourth-order valence-corrected chi connectivity index (χ4v) is 3.19. The van der Waals surface area contributed by atoms with Crippen molar-refractivity contribution >= 4 is 21.4 Å². The van der Waals surface area contributed by atoms with Crippen LogP contribution in [0.1, 0.15) is 5.56 Å². The van der Waals surface area contributed by atoms with Gasteiger partial charge in [-0.3, -0.25) is 9.32 Å². The van der Waals surface area contributed by atoms with Crippen LogP contribution in [0.2, 0.25) is 0 Å². The first-order valence-electron chi connectivity index (χ1n) is 7.98. The SMILES string of the molecule is Cc1ccccc1-c1noc(=O)n1CC(=O)Nc1ccc(S(C)(=O)=O)cc1. The Hall–Kier alpha value is -3.20. The van der Waals surface area contributed by atoms with Gasteiger partial charge in [-0.25, -0.2) is 17.8 Å². The monoisotopic (exact) mass is 387 g/mol. The number of rotatable bonds is 5. The van der Waals surface area contributed by atoms with Gasteiger partial charge in [0.1, 0.15) is 6.54 Å². The molecule has 1 aromatic heterocycles. The molecule has 27 heavy (non-hydrogen) atoms. The smallest absolute Gasteiger partial charge is 0.325 e. The van der Waals surface area contributed by atoms with E-state index in [1.54, 1.807) is 12.1 Å². The normalized spacial score (nSPS) is 11.3. The first-order chi connectivity index (χ1) is 12.8. The topological polar surface area (TPSA) is 111 Å². The number of carbonyl (C=O) groups is 1. The minimum atomic E-state index is -3.31. The molecule has 3 rings (SSSR count). The van der Waals surface area contributed by atoms with E-state index in [9.17, 15) is 18.0 Å². The molecule has 0 spiro atoms. The molecule has 0 aliphatic carbocycles. The quantitative estimate of drug-likeness (QED) is 0.715. The molecule has 2 aromatic carbocycles. The molecule has 1 amide bonds. The largest absolute Gasteiger partial charge is 0.442 e. The standard InChI is InChI=1S/C18H17N3O5S/c1-12-5-3-4-6-15(12)17-20-26-18(23)21(17)11-16(22)19-13-7-9-14(10-8-13)27(2,24)25/h3-10H,11H2,1-2H3,(H,19,22). The average molecular weight is 387 g/mol. The Morgan fingerprint density at radius 3 is 2.44 bits per heavy atom. The van der Waals surface area contributed by atoms with E-state index in [0.29, 0.717) is 11.3 Å². The van der Waals surface area contributed by atoms with E-state index >= 15 is 0 Å². The highest BCUT2D eigenvalue weighted by molar-refractivity contribution is 7.90. The highest BCUT2D eigenvalue weighted by Crippen LogP contribution is 2.20. The molecule has 0 saturated carbocycles. The number of hydrogen-bond donors (Lipinski definition) is 1. The molecule has 1 N–H and O–H groups in total. The summed E-state index contributed by atoms with van der Waals surface area (Å²) < 4.78 is 28.8. The highest BCUT2D eigenvalue weighted by atomic mass is 32.2. The van der Waals surface area contributed by atoms with Crippen LogP contribution in [0.15, 0.2) is 62.7 Å². The van der Waals surface area contributed by atoms with Gasteiger partial charge in [0.25, 0.3) is 0 Å². The number of carbonyl (C=O) groups excluding carboxylic acids is 1. The summed E-state index contributed by atoms with van der Waals surface area (Å²) in [6.07, 6.45) is 1.10. The lowest BCUT2D eigenvalue weighted by atomic mass is 10.1. The van der Waals surface area contributed by atoms with Gasteiger partial charge < -0.3 is 5.32 Å². The van der Waals surface area contributed by atoms with Crippen LogP contribution in [0, 0.1) is 6.92 Å². The van der Waals surface area contributed by atoms with Gasteiger partial charge in [-0.15, -0.1) is 0 Å². The summed E-state index contributed by atoms with van der Waals surface area (Å²) >= 11 is 0. The molecule has 0 fully saturated rings. The molecule has 0 unspecified atom stereocenters. The van der Waals surface area contributed by atoms with Crippen LogP contribution >= 0.6 is 0 Å². The zero-order valence-corrected chi connectivity index (χ0v) is 15.5. The van der Waals surface area contributed by atoms with Crippen LogP contribution in [0.3, 0.4) is 0 Å². The fourth-order valence-electron chi connectivity index (χ4n) is 2.55. The van der Waals surface area contributed by atoms with Gasteiger partial charge in [0, 0.05) is 17.5 Å². The number of anilines is 1. The summed E-state index contributed by atoms with van der Waals surface area (Å²) in [6, 6.07) is 13.1. The molecular weight excluding hydrogens is 370 g/mol. The Bertz CT molecular complexity index is 1140. The number of benzene rings is 2. The van der Waals surface area contributed by atoms with E-state index in [2.05, 4.69) is 10.5 Å². The number of amides is 1. The predicted molar refractivity (Wildman–Crippen MR) is 99.1 cm³/mol. The molecule has 9 heteroatoms. The van der Waals surface area contributed by atoms with E-state index in [4.69, 9.17) is 4.52 Å². The van der Waals surface area contributed by atoms with Gasteiger partial charge >= 0.3 is 5.76 Å². The van der Waals surface area contributed by atoms with Crippen molar-refractivity contribution in [1.82, 2.24) is 9.72 Å². The predicted octanol–water partition coefficient (Wildman–Crippen LogP) is 1.85. The number of aromatic nitrogens is 2. The number of aryl methyl sites for hydroxylation is 1. The van der Waals surface area contributed by atoms with E-state index in [1.807, 2.05) is 19.1 Å².